The highest BCUT2D eigenvalue weighted by molar-refractivity contribution is 7.90. The molecule has 2 aromatic carbocycles. The normalized spacial score (nSPS) is 12.1. The Hall–Kier alpha value is -2.89. The largest absolute Gasteiger partial charge is 0.465 e. The first-order chi connectivity index (χ1) is 12.9. The maximum Gasteiger partial charge on any atom is 0.337 e. The molecule has 0 amide bonds. The van der Waals surface area contributed by atoms with Crippen molar-refractivity contribution in [3.05, 3.63) is 58.4 Å². The third kappa shape index (κ3) is 3.79. The molecule has 0 unspecified atom stereocenters. The number of rotatable bonds is 4. The number of sulfonamides is 1. The van der Waals surface area contributed by atoms with Crippen molar-refractivity contribution >= 4 is 37.5 Å². The summed E-state index contributed by atoms with van der Waals surface area (Å²) < 4.78 is 36.4. The Labute approximate surface area is 160 Å². The lowest BCUT2D eigenvalue weighted by Gasteiger charge is -2.02. The standard InChI is InChI=1S/C19H16N2O4S2/c1-4-11-21-16-10-7-14(18(22)25-3)12-17(16)26-19(21)20-27(23,24)15-8-5-13(2)6-9-15/h1,5-10,12H,11H2,2-3H3/b20-19-. The minimum atomic E-state index is -3.90. The highest BCUT2D eigenvalue weighted by atomic mass is 32.2. The van der Waals surface area contributed by atoms with E-state index in [1.54, 1.807) is 34.9 Å². The number of terminal acetylenes is 1. The van der Waals surface area contributed by atoms with E-state index in [2.05, 4.69) is 10.3 Å². The molecule has 8 heteroatoms. The lowest BCUT2D eigenvalue weighted by atomic mass is 10.2. The number of hydrogen-bond acceptors (Lipinski definition) is 5. The van der Waals surface area contributed by atoms with Gasteiger partial charge in [-0.15, -0.1) is 10.8 Å². The number of esters is 1. The van der Waals surface area contributed by atoms with Gasteiger partial charge in [0.15, 0.2) is 0 Å². The van der Waals surface area contributed by atoms with E-state index in [1.807, 2.05) is 6.92 Å². The van der Waals surface area contributed by atoms with Crippen LogP contribution in [-0.2, 0) is 21.3 Å². The molecule has 6 nitrogen and oxygen atoms in total. The van der Waals surface area contributed by atoms with Crippen molar-refractivity contribution in [2.75, 3.05) is 7.11 Å². The molecule has 0 saturated heterocycles. The number of carbonyl (C=O) groups is 1. The van der Waals surface area contributed by atoms with Crippen LogP contribution in [0.2, 0.25) is 0 Å². The number of carbonyl (C=O) groups excluding carboxylic acids is 1. The zero-order chi connectivity index (χ0) is 19.6. The first kappa shape index (κ1) is 18.9. The zero-order valence-electron chi connectivity index (χ0n) is 14.7. The van der Waals surface area contributed by atoms with Gasteiger partial charge >= 0.3 is 5.97 Å². The second kappa shape index (κ2) is 7.39. The van der Waals surface area contributed by atoms with Crippen LogP contribution in [0.4, 0.5) is 0 Å². The summed E-state index contributed by atoms with van der Waals surface area (Å²) in [6.45, 7) is 2.03. The van der Waals surface area contributed by atoms with Gasteiger partial charge in [-0.25, -0.2) is 4.79 Å². The molecular formula is C19H16N2O4S2. The number of nitrogens with zero attached hydrogens (tertiary/aromatic N) is 2. The SMILES string of the molecule is C#CCn1/c(=N/S(=O)(=O)c2ccc(C)cc2)sc2cc(C(=O)OC)ccc21. The summed E-state index contributed by atoms with van der Waals surface area (Å²) in [6, 6.07) is 11.4. The topological polar surface area (TPSA) is 77.7 Å². The van der Waals surface area contributed by atoms with Gasteiger partial charge in [0.1, 0.15) is 0 Å². The Kier molecular flexibility index (Phi) is 5.17. The van der Waals surface area contributed by atoms with Gasteiger partial charge in [-0.1, -0.05) is 35.0 Å². The highest BCUT2D eigenvalue weighted by Gasteiger charge is 2.15. The highest BCUT2D eigenvalue weighted by Crippen LogP contribution is 2.21. The van der Waals surface area contributed by atoms with Gasteiger partial charge in [0.05, 0.1) is 34.3 Å². The molecule has 1 aromatic heterocycles. The fourth-order valence-corrected chi connectivity index (χ4v) is 4.77. The first-order valence-electron chi connectivity index (χ1n) is 7.88. The second-order valence-electron chi connectivity index (χ2n) is 5.73. The van der Waals surface area contributed by atoms with Gasteiger partial charge in [-0.05, 0) is 37.3 Å². The average molecular weight is 400 g/mol. The summed E-state index contributed by atoms with van der Waals surface area (Å²) >= 11 is 1.14. The number of thiazole rings is 1. The summed E-state index contributed by atoms with van der Waals surface area (Å²) in [5, 5.41) is 0. The molecule has 0 N–H and O–H groups in total. The van der Waals surface area contributed by atoms with E-state index >= 15 is 0 Å². The van der Waals surface area contributed by atoms with Crippen LogP contribution in [0.5, 0.6) is 0 Å². The van der Waals surface area contributed by atoms with Crippen LogP contribution in [0.1, 0.15) is 15.9 Å². The summed E-state index contributed by atoms with van der Waals surface area (Å²) in [7, 11) is -2.60. The molecule has 27 heavy (non-hydrogen) atoms. The number of ether oxygens (including phenoxy) is 1. The molecular weight excluding hydrogens is 384 g/mol. The van der Waals surface area contributed by atoms with E-state index in [1.165, 1.54) is 19.2 Å². The third-order valence-corrected chi connectivity index (χ3v) is 6.31. The third-order valence-electron chi connectivity index (χ3n) is 3.87. The molecule has 0 aliphatic carbocycles. The maximum atomic E-state index is 12.7. The zero-order valence-corrected chi connectivity index (χ0v) is 16.3. The lowest BCUT2D eigenvalue weighted by molar-refractivity contribution is 0.0601. The molecule has 0 radical (unpaired) electrons. The molecule has 3 rings (SSSR count). The molecule has 0 atom stereocenters. The number of aryl methyl sites for hydroxylation is 1. The first-order valence-corrected chi connectivity index (χ1v) is 10.1. The van der Waals surface area contributed by atoms with Crippen LogP contribution in [0, 0.1) is 19.3 Å². The van der Waals surface area contributed by atoms with E-state index in [0.717, 1.165) is 16.9 Å². The van der Waals surface area contributed by atoms with Crippen LogP contribution < -0.4 is 4.80 Å². The molecule has 0 aliphatic rings. The smallest absolute Gasteiger partial charge is 0.337 e. The molecule has 0 saturated carbocycles. The number of benzene rings is 2. The Bertz CT molecular complexity index is 1230. The summed E-state index contributed by atoms with van der Waals surface area (Å²) in [6.07, 6.45) is 5.44. The maximum absolute atomic E-state index is 12.7. The molecule has 0 bridgehead atoms. The van der Waals surface area contributed by atoms with Crippen LogP contribution in [0.25, 0.3) is 10.2 Å². The van der Waals surface area contributed by atoms with Gasteiger partial charge in [0.25, 0.3) is 10.0 Å². The van der Waals surface area contributed by atoms with E-state index in [4.69, 9.17) is 11.2 Å². The van der Waals surface area contributed by atoms with Gasteiger partial charge in [0.2, 0.25) is 4.80 Å². The second-order valence-corrected chi connectivity index (χ2v) is 8.34. The van der Waals surface area contributed by atoms with Crippen molar-refractivity contribution in [2.24, 2.45) is 4.40 Å². The van der Waals surface area contributed by atoms with E-state index in [-0.39, 0.29) is 16.2 Å². The van der Waals surface area contributed by atoms with Crippen molar-refractivity contribution < 1.29 is 17.9 Å². The molecule has 138 valence electrons. The van der Waals surface area contributed by atoms with Gasteiger partial charge in [0, 0.05) is 0 Å². The van der Waals surface area contributed by atoms with Crippen molar-refractivity contribution in [3.8, 4) is 12.3 Å². The molecule has 0 fully saturated rings. The molecule has 1 heterocycles. The van der Waals surface area contributed by atoms with Crippen LogP contribution in [-0.4, -0.2) is 26.1 Å². The Morgan fingerprint density at radius 3 is 2.59 bits per heavy atom. The van der Waals surface area contributed by atoms with E-state index in [9.17, 15) is 13.2 Å². The monoisotopic (exact) mass is 400 g/mol. The number of hydrogen-bond donors (Lipinski definition) is 0. The summed E-state index contributed by atoms with van der Waals surface area (Å²) in [5.74, 6) is 2.03. The van der Waals surface area contributed by atoms with Crippen LogP contribution in [0.3, 0.4) is 0 Å². The van der Waals surface area contributed by atoms with Crippen molar-refractivity contribution in [3.63, 3.8) is 0 Å². The number of aromatic nitrogens is 1. The van der Waals surface area contributed by atoms with Crippen molar-refractivity contribution in [1.82, 2.24) is 4.57 Å². The quantitative estimate of drug-likeness (QED) is 0.498. The average Bonchev–Trinajstić information content (AvgIpc) is 2.97. The van der Waals surface area contributed by atoms with E-state index < -0.39 is 16.0 Å². The number of methoxy groups -OCH3 is 1. The predicted octanol–water partition coefficient (Wildman–Crippen LogP) is 2.72. The molecule has 0 spiro atoms. The van der Waals surface area contributed by atoms with Crippen molar-refractivity contribution in [2.45, 2.75) is 18.4 Å². The predicted molar refractivity (Wildman–Crippen MR) is 104 cm³/mol. The Morgan fingerprint density at radius 2 is 1.96 bits per heavy atom. The fourth-order valence-electron chi connectivity index (χ4n) is 2.50. The molecule has 3 aromatic rings. The van der Waals surface area contributed by atoms with Crippen molar-refractivity contribution in [1.29, 1.82) is 0 Å². The lowest BCUT2D eigenvalue weighted by Crippen LogP contribution is -2.16. The molecule has 0 aliphatic heterocycles. The van der Waals surface area contributed by atoms with Gasteiger partial charge in [-0.2, -0.15) is 8.42 Å². The van der Waals surface area contributed by atoms with Crippen LogP contribution >= 0.6 is 11.3 Å². The summed E-state index contributed by atoms with van der Waals surface area (Å²) in [4.78, 5) is 12.1. The minimum Gasteiger partial charge on any atom is -0.465 e. The van der Waals surface area contributed by atoms with Gasteiger partial charge < -0.3 is 9.30 Å². The Morgan fingerprint density at radius 1 is 1.26 bits per heavy atom. The van der Waals surface area contributed by atoms with Gasteiger partial charge in [-0.3, -0.25) is 0 Å². The number of fused-ring (bicyclic) bond motifs is 1. The Balaban J connectivity index is 2.21. The minimum absolute atomic E-state index is 0.105. The van der Waals surface area contributed by atoms with Crippen LogP contribution in [0.15, 0.2) is 51.8 Å². The summed E-state index contributed by atoms with van der Waals surface area (Å²) in [5.41, 5.74) is 2.02. The fraction of sp³-hybridized carbons (Fsp3) is 0.158. The van der Waals surface area contributed by atoms with E-state index in [0.29, 0.717) is 15.8 Å².